The molecule has 1 N–H and O–H groups in total. The summed E-state index contributed by atoms with van der Waals surface area (Å²) >= 11 is 1.91. The third-order valence-electron chi connectivity index (χ3n) is 3.76. The summed E-state index contributed by atoms with van der Waals surface area (Å²) in [5.41, 5.74) is 0.467. The van der Waals surface area contributed by atoms with E-state index in [-0.39, 0.29) is 21.9 Å². The van der Waals surface area contributed by atoms with Gasteiger partial charge in [0.1, 0.15) is 9.09 Å². The van der Waals surface area contributed by atoms with E-state index >= 15 is 0 Å². The number of benzene rings is 2. The van der Waals surface area contributed by atoms with Crippen molar-refractivity contribution in [2.75, 3.05) is 0 Å². The fraction of sp³-hybridized carbons (Fsp3) is 0. The van der Waals surface area contributed by atoms with Crippen LogP contribution in [0.5, 0.6) is 0 Å². The zero-order chi connectivity index (χ0) is 17.8. The van der Waals surface area contributed by atoms with Crippen molar-refractivity contribution in [3.8, 4) is 11.3 Å². The van der Waals surface area contributed by atoms with Crippen molar-refractivity contribution < 1.29 is 17.4 Å². The molecule has 0 fully saturated rings. The average molecular weight is 468 g/mol. The Bertz CT molecular complexity index is 1290. The Morgan fingerprint density at radius 3 is 2.52 bits per heavy atom. The first-order valence-corrected chi connectivity index (χ1v) is 9.52. The van der Waals surface area contributed by atoms with Gasteiger partial charge < -0.3 is 4.42 Å². The lowest BCUT2D eigenvalue weighted by atomic mass is 10.1. The molecule has 9 heteroatoms. The van der Waals surface area contributed by atoms with E-state index < -0.39 is 10.3 Å². The van der Waals surface area contributed by atoms with Crippen LogP contribution >= 0.6 is 22.6 Å². The van der Waals surface area contributed by atoms with Crippen LogP contribution in [0.15, 0.2) is 57.9 Å². The quantitative estimate of drug-likeness (QED) is 0.359. The fourth-order valence-corrected chi connectivity index (χ4v) is 3.96. The van der Waals surface area contributed by atoms with Crippen LogP contribution in [0.2, 0.25) is 0 Å². The number of rotatable bonds is 2. The number of hydrogen-bond acceptors (Lipinski definition) is 5. The van der Waals surface area contributed by atoms with Crippen molar-refractivity contribution in [1.82, 2.24) is 9.19 Å². The van der Waals surface area contributed by atoms with Gasteiger partial charge in [0.15, 0.2) is 11.3 Å². The highest BCUT2D eigenvalue weighted by Crippen LogP contribution is 2.31. The van der Waals surface area contributed by atoms with Gasteiger partial charge in [0.2, 0.25) is 5.43 Å². The van der Waals surface area contributed by atoms with E-state index in [0.717, 1.165) is 0 Å². The fourth-order valence-electron chi connectivity index (χ4n) is 2.66. The lowest BCUT2D eigenvalue weighted by Crippen LogP contribution is -2.13. The summed E-state index contributed by atoms with van der Waals surface area (Å²) in [5, 5.41) is 4.32. The van der Waals surface area contributed by atoms with Gasteiger partial charge in [-0.05, 0) is 28.7 Å². The van der Waals surface area contributed by atoms with E-state index in [0.29, 0.717) is 24.4 Å². The Kier molecular flexibility index (Phi) is 3.67. The van der Waals surface area contributed by atoms with Crippen molar-refractivity contribution in [2.45, 2.75) is 0 Å². The molecular weight excluding hydrogens is 459 g/mol. The highest BCUT2D eigenvalue weighted by molar-refractivity contribution is 14.1. The summed E-state index contributed by atoms with van der Waals surface area (Å²) in [6.07, 6.45) is 1.28. The number of halogens is 1. The molecule has 0 atom stereocenters. The normalized spacial score (nSPS) is 12.1. The number of aromatic nitrogens is 2. The zero-order valence-electron chi connectivity index (χ0n) is 12.4. The van der Waals surface area contributed by atoms with E-state index in [2.05, 4.69) is 5.10 Å². The first kappa shape index (κ1) is 16.2. The van der Waals surface area contributed by atoms with Gasteiger partial charge in [-0.1, -0.05) is 36.4 Å². The van der Waals surface area contributed by atoms with Gasteiger partial charge in [0.25, 0.3) is 0 Å². The predicted molar refractivity (Wildman–Crippen MR) is 101 cm³/mol. The lowest BCUT2D eigenvalue weighted by Gasteiger charge is -2.08. The SMILES string of the molecule is O=c1c(I)c(-c2ccccc2)oc2c1ccc1cnn(S(=O)(=O)O)c12. The average Bonchev–Trinajstić information content (AvgIpc) is 3.03. The van der Waals surface area contributed by atoms with E-state index in [1.807, 2.05) is 28.7 Å². The molecule has 2 heterocycles. The minimum absolute atomic E-state index is 0.0191. The molecule has 0 saturated heterocycles. The van der Waals surface area contributed by atoms with Crippen molar-refractivity contribution in [3.63, 3.8) is 0 Å². The van der Waals surface area contributed by atoms with Gasteiger partial charge in [-0.25, -0.2) is 0 Å². The van der Waals surface area contributed by atoms with Crippen molar-refractivity contribution in [1.29, 1.82) is 0 Å². The van der Waals surface area contributed by atoms with Crippen LogP contribution in [0.4, 0.5) is 0 Å². The molecular formula is C16H9IN2O5S. The maximum atomic E-state index is 12.7. The van der Waals surface area contributed by atoms with Gasteiger partial charge in [0.05, 0.1) is 11.6 Å². The minimum atomic E-state index is -4.64. The molecule has 0 saturated carbocycles. The molecule has 0 bridgehead atoms. The second-order valence-electron chi connectivity index (χ2n) is 5.29. The Morgan fingerprint density at radius 1 is 1.12 bits per heavy atom. The van der Waals surface area contributed by atoms with E-state index in [1.165, 1.54) is 6.20 Å². The molecule has 25 heavy (non-hydrogen) atoms. The van der Waals surface area contributed by atoms with E-state index in [9.17, 15) is 17.8 Å². The molecule has 0 aliphatic carbocycles. The van der Waals surface area contributed by atoms with Crippen LogP contribution in [-0.2, 0) is 10.3 Å². The van der Waals surface area contributed by atoms with E-state index in [1.54, 1.807) is 36.4 Å². The smallest absolute Gasteiger partial charge is 0.379 e. The molecule has 0 amide bonds. The van der Waals surface area contributed by atoms with Crippen LogP contribution < -0.4 is 5.43 Å². The molecule has 0 aliphatic heterocycles. The van der Waals surface area contributed by atoms with Gasteiger partial charge in [-0.2, -0.15) is 13.5 Å². The molecule has 126 valence electrons. The zero-order valence-corrected chi connectivity index (χ0v) is 15.4. The lowest BCUT2D eigenvalue weighted by molar-refractivity contribution is 0.467. The van der Waals surface area contributed by atoms with Crippen LogP contribution in [0.25, 0.3) is 33.2 Å². The molecule has 0 aliphatic rings. The second-order valence-corrected chi connectivity index (χ2v) is 7.61. The first-order valence-electron chi connectivity index (χ1n) is 7.04. The predicted octanol–water partition coefficient (Wildman–Crippen LogP) is 3.07. The molecule has 7 nitrogen and oxygen atoms in total. The minimum Gasteiger partial charge on any atom is -0.452 e. The largest absolute Gasteiger partial charge is 0.452 e. The summed E-state index contributed by atoms with van der Waals surface area (Å²) < 4.78 is 39.3. The number of hydrogen-bond donors (Lipinski definition) is 1. The molecule has 0 radical (unpaired) electrons. The van der Waals surface area contributed by atoms with Gasteiger partial charge in [-0.15, -0.1) is 4.09 Å². The first-order chi connectivity index (χ1) is 11.9. The maximum absolute atomic E-state index is 12.7. The molecule has 0 unspecified atom stereocenters. The van der Waals surface area contributed by atoms with Crippen molar-refractivity contribution in [3.05, 3.63) is 62.5 Å². The van der Waals surface area contributed by atoms with Crippen LogP contribution in [0.1, 0.15) is 0 Å². The number of nitrogens with zero attached hydrogens (tertiary/aromatic N) is 2. The van der Waals surface area contributed by atoms with Gasteiger partial charge >= 0.3 is 10.3 Å². The van der Waals surface area contributed by atoms with Crippen molar-refractivity contribution in [2.24, 2.45) is 0 Å². The molecule has 4 aromatic rings. The summed E-state index contributed by atoms with van der Waals surface area (Å²) in [6, 6.07) is 12.1. The summed E-state index contributed by atoms with van der Waals surface area (Å²) in [7, 11) is -4.64. The topological polar surface area (TPSA) is 102 Å². The third kappa shape index (κ3) is 2.55. The second kappa shape index (κ2) is 5.64. The summed E-state index contributed by atoms with van der Waals surface area (Å²) in [6.45, 7) is 0. The molecule has 2 aromatic heterocycles. The highest BCUT2D eigenvalue weighted by Gasteiger charge is 2.21. The number of fused-ring (bicyclic) bond motifs is 3. The Hall–Kier alpha value is -2.24. The van der Waals surface area contributed by atoms with Crippen LogP contribution in [0, 0.1) is 3.57 Å². The van der Waals surface area contributed by atoms with Crippen LogP contribution in [-0.4, -0.2) is 22.2 Å². The Morgan fingerprint density at radius 2 is 1.84 bits per heavy atom. The standard InChI is InChI=1S/C16H9IN2O5S/c17-12-14(20)11-7-6-10-8-18-19(25(21,22)23)13(10)16(11)24-15(12)9-4-2-1-3-5-9/h1-8H,(H,21,22,23). The third-order valence-corrected chi connectivity index (χ3v) is 5.45. The highest BCUT2D eigenvalue weighted by atomic mass is 127. The molecule has 2 aromatic carbocycles. The monoisotopic (exact) mass is 468 g/mol. The van der Waals surface area contributed by atoms with Crippen LogP contribution in [0.3, 0.4) is 0 Å². The van der Waals surface area contributed by atoms with Gasteiger partial charge in [0, 0.05) is 10.9 Å². The summed E-state index contributed by atoms with van der Waals surface area (Å²) in [5.74, 6) is 0.328. The molecule has 0 spiro atoms. The Balaban J connectivity index is 2.22. The Labute approximate surface area is 154 Å². The maximum Gasteiger partial charge on any atom is 0.379 e. The van der Waals surface area contributed by atoms with Crippen molar-refractivity contribution >= 4 is 54.8 Å². The molecule has 4 rings (SSSR count). The van der Waals surface area contributed by atoms with E-state index in [4.69, 9.17) is 4.42 Å². The summed E-state index contributed by atoms with van der Waals surface area (Å²) in [4.78, 5) is 12.7. The van der Waals surface area contributed by atoms with Gasteiger partial charge in [-0.3, -0.25) is 9.35 Å².